The van der Waals surface area contributed by atoms with Gasteiger partial charge in [0.1, 0.15) is 11.3 Å². The topological polar surface area (TPSA) is 78.7 Å². The zero-order valence-electron chi connectivity index (χ0n) is 18.7. The smallest absolute Gasteiger partial charge is 0.260 e. The highest BCUT2D eigenvalue weighted by Gasteiger charge is 2.25. The minimum absolute atomic E-state index is 0.0127. The summed E-state index contributed by atoms with van der Waals surface area (Å²) >= 11 is 1.04. The number of aryl methyl sites for hydroxylation is 1. The number of thiazole rings is 1. The number of halogens is 2. The Bertz CT molecular complexity index is 1290. The largest absolute Gasteiger partial charge is 0.493 e. The van der Waals surface area contributed by atoms with Gasteiger partial charge in [0.2, 0.25) is 5.75 Å². The lowest BCUT2D eigenvalue weighted by Crippen LogP contribution is -2.32. The third kappa shape index (κ3) is 4.65. The molecule has 0 saturated carbocycles. The Morgan fingerprint density at radius 3 is 2.44 bits per heavy atom. The number of hydrogen-bond acceptors (Lipinski definition) is 7. The number of nitrogens with zero attached hydrogens (tertiary/aromatic N) is 4. The summed E-state index contributed by atoms with van der Waals surface area (Å²) in [4.78, 5) is 23.4. The van der Waals surface area contributed by atoms with Gasteiger partial charge in [-0.1, -0.05) is 11.3 Å². The van der Waals surface area contributed by atoms with Crippen molar-refractivity contribution in [1.29, 1.82) is 0 Å². The summed E-state index contributed by atoms with van der Waals surface area (Å²) in [5, 5.41) is 0.254. The van der Waals surface area contributed by atoms with Crippen LogP contribution in [0.2, 0.25) is 0 Å². The average molecular weight is 489 g/mol. The molecule has 0 aliphatic heterocycles. The van der Waals surface area contributed by atoms with E-state index in [1.807, 2.05) is 10.8 Å². The summed E-state index contributed by atoms with van der Waals surface area (Å²) in [5.41, 5.74) is 0.279. The van der Waals surface area contributed by atoms with Crippen molar-refractivity contribution >= 4 is 32.6 Å². The molecule has 0 aliphatic carbocycles. The fraction of sp³-hybridized carbons (Fsp3) is 0.261. The van der Waals surface area contributed by atoms with E-state index in [0.29, 0.717) is 34.9 Å². The molecule has 0 spiro atoms. The van der Waals surface area contributed by atoms with Crippen LogP contribution in [0.25, 0.3) is 10.2 Å². The van der Waals surface area contributed by atoms with Gasteiger partial charge in [-0.3, -0.25) is 9.69 Å². The van der Waals surface area contributed by atoms with Crippen LogP contribution in [0.5, 0.6) is 17.2 Å². The normalized spacial score (nSPS) is 11.0. The predicted molar refractivity (Wildman–Crippen MR) is 124 cm³/mol. The van der Waals surface area contributed by atoms with Crippen molar-refractivity contribution in [1.82, 2.24) is 14.5 Å². The molecule has 0 fully saturated rings. The van der Waals surface area contributed by atoms with E-state index in [-0.39, 0.29) is 22.8 Å². The molecule has 11 heteroatoms. The molecule has 2 aromatic carbocycles. The van der Waals surface area contributed by atoms with E-state index in [0.717, 1.165) is 17.4 Å². The van der Waals surface area contributed by atoms with Crippen molar-refractivity contribution < 1.29 is 27.8 Å². The molecule has 34 heavy (non-hydrogen) atoms. The van der Waals surface area contributed by atoms with Crippen molar-refractivity contribution in [3.63, 3.8) is 0 Å². The number of fused-ring (bicyclic) bond motifs is 1. The maximum absolute atomic E-state index is 14.3. The summed E-state index contributed by atoms with van der Waals surface area (Å²) < 4.78 is 46.3. The molecule has 4 rings (SSSR count). The minimum atomic E-state index is -0.781. The van der Waals surface area contributed by atoms with Gasteiger partial charge in [-0.15, -0.1) is 0 Å². The van der Waals surface area contributed by atoms with Crippen molar-refractivity contribution in [3.8, 4) is 17.2 Å². The summed E-state index contributed by atoms with van der Waals surface area (Å²) in [5.74, 6) is -0.892. The molecule has 4 aromatic rings. The van der Waals surface area contributed by atoms with Crippen LogP contribution in [-0.4, -0.2) is 48.3 Å². The van der Waals surface area contributed by atoms with Gasteiger partial charge in [0.25, 0.3) is 5.91 Å². The van der Waals surface area contributed by atoms with Crippen LogP contribution in [0.15, 0.2) is 43.0 Å². The van der Waals surface area contributed by atoms with Crippen LogP contribution in [-0.2, 0) is 6.54 Å². The lowest BCUT2D eigenvalue weighted by Gasteiger charge is -2.21. The number of ether oxygens (including phenoxy) is 3. The van der Waals surface area contributed by atoms with Crippen molar-refractivity contribution in [2.24, 2.45) is 0 Å². The number of anilines is 1. The second-order valence-corrected chi connectivity index (χ2v) is 8.26. The molecule has 1 amide bonds. The van der Waals surface area contributed by atoms with Crippen LogP contribution in [0, 0.1) is 11.6 Å². The van der Waals surface area contributed by atoms with Crippen LogP contribution in [0.1, 0.15) is 16.8 Å². The lowest BCUT2D eigenvalue weighted by molar-refractivity contribution is 0.0985. The van der Waals surface area contributed by atoms with Crippen LogP contribution in [0.3, 0.4) is 0 Å². The molecule has 0 bridgehead atoms. The van der Waals surface area contributed by atoms with E-state index < -0.39 is 17.5 Å². The highest BCUT2D eigenvalue weighted by atomic mass is 32.1. The number of rotatable bonds is 9. The first kappa shape index (κ1) is 23.4. The Morgan fingerprint density at radius 2 is 1.82 bits per heavy atom. The second kappa shape index (κ2) is 10.0. The average Bonchev–Trinajstić information content (AvgIpc) is 3.50. The summed E-state index contributed by atoms with van der Waals surface area (Å²) in [6.07, 6.45) is 5.74. The Morgan fingerprint density at radius 1 is 1.09 bits per heavy atom. The molecule has 2 aromatic heterocycles. The number of carbonyl (C=O) groups excluding carboxylic acids is 1. The number of amides is 1. The Kier molecular flexibility index (Phi) is 6.92. The Hall–Kier alpha value is -3.73. The molecule has 0 radical (unpaired) electrons. The highest BCUT2D eigenvalue weighted by molar-refractivity contribution is 7.22. The molecular formula is C23H22F2N4O4S. The maximum Gasteiger partial charge on any atom is 0.260 e. The third-order valence-corrected chi connectivity index (χ3v) is 6.17. The van der Waals surface area contributed by atoms with Gasteiger partial charge in [-0.05, 0) is 24.6 Å². The standard InChI is InChI=1S/C23H22F2N4O4S/c1-31-17-9-14(10-18(32-2)21(17)33-3)22(30)29(7-4-6-28-8-5-26-13-28)23-27-20-16(25)11-15(24)12-19(20)34-23/h5,8-13H,4,6-7H2,1-3H3. The van der Waals surface area contributed by atoms with Gasteiger partial charge in [-0.2, -0.15) is 0 Å². The van der Waals surface area contributed by atoms with E-state index in [4.69, 9.17) is 14.2 Å². The Balaban J connectivity index is 1.73. The molecule has 0 atom stereocenters. The van der Waals surface area contributed by atoms with Gasteiger partial charge >= 0.3 is 0 Å². The van der Waals surface area contributed by atoms with Crippen molar-refractivity contribution in [3.05, 3.63) is 60.2 Å². The fourth-order valence-electron chi connectivity index (χ4n) is 3.54. The second-order valence-electron chi connectivity index (χ2n) is 7.26. The minimum Gasteiger partial charge on any atom is -0.493 e. The molecular weight excluding hydrogens is 466 g/mol. The van der Waals surface area contributed by atoms with E-state index in [9.17, 15) is 13.6 Å². The number of carbonyl (C=O) groups is 1. The van der Waals surface area contributed by atoms with Crippen LogP contribution in [0.4, 0.5) is 13.9 Å². The molecule has 178 valence electrons. The van der Waals surface area contributed by atoms with Crippen LogP contribution < -0.4 is 19.1 Å². The van der Waals surface area contributed by atoms with Crippen molar-refractivity contribution in [2.75, 3.05) is 32.8 Å². The summed E-state index contributed by atoms with van der Waals surface area (Å²) in [6, 6.07) is 5.06. The van der Waals surface area contributed by atoms with E-state index in [1.165, 1.54) is 32.3 Å². The summed E-state index contributed by atoms with van der Waals surface area (Å²) in [7, 11) is 4.39. The zero-order chi connectivity index (χ0) is 24.2. The molecule has 0 aliphatic rings. The fourth-order valence-corrected chi connectivity index (χ4v) is 4.57. The molecule has 2 heterocycles. The molecule has 0 saturated heterocycles. The first-order valence-electron chi connectivity index (χ1n) is 10.3. The number of hydrogen-bond donors (Lipinski definition) is 0. The predicted octanol–water partition coefficient (Wildman–Crippen LogP) is 4.53. The zero-order valence-corrected chi connectivity index (χ0v) is 19.6. The van der Waals surface area contributed by atoms with Gasteiger partial charge in [0.05, 0.1) is 32.4 Å². The van der Waals surface area contributed by atoms with Gasteiger partial charge in [0, 0.05) is 37.1 Å². The molecule has 0 unspecified atom stereocenters. The van der Waals surface area contributed by atoms with Gasteiger partial charge in [0.15, 0.2) is 22.4 Å². The first-order valence-corrected chi connectivity index (χ1v) is 11.1. The number of imidazole rings is 1. The Labute approximate surface area is 198 Å². The maximum atomic E-state index is 14.3. The van der Waals surface area contributed by atoms with Crippen molar-refractivity contribution in [2.45, 2.75) is 13.0 Å². The van der Waals surface area contributed by atoms with E-state index >= 15 is 0 Å². The monoisotopic (exact) mass is 488 g/mol. The summed E-state index contributed by atoms with van der Waals surface area (Å²) in [6.45, 7) is 0.879. The van der Waals surface area contributed by atoms with E-state index in [1.54, 1.807) is 24.7 Å². The number of benzene rings is 2. The number of methoxy groups -OCH3 is 3. The lowest BCUT2D eigenvalue weighted by atomic mass is 10.1. The quantitative estimate of drug-likeness (QED) is 0.344. The third-order valence-electron chi connectivity index (χ3n) is 5.15. The van der Waals surface area contributed by atoms with Gasteiger partial charge in [-0.25, -0.2) is 18.7 Å². The van der Waals surface area contributed by atoms with Crippen LogP contribution >= 0.6 is 11.3 Å². The molecule has 0 N–H and O–H groups in total. The highest BCUT2D eigenvalue weighted by Crippen LogP contribution is 2.39. The SMILES string of the molecule is COc1cc(C(=O)N(CCCn2ccnc2)c2nc3c(F)cc(F)cc3s2)cc(OC)c1OC. The number of aromatic nitrogens is 3. The van der Waals surface area contributed by atoms with Gasteiger partial charge < -0.3 is 18.8 Å². The van der Waals surface area contributed by atoms with E-state index in [2.05, 4.69) is 9.97 Å². The molecule has 8 nitrogen and oxygen atoms in total. The first-order chi connectivity index (χ1) is 16.4.